The van der Waals surface area contributed by atoms with Crippen LogP contribution in [0.5, 0.6) is 0 Å². The summed E-state index contributed by atoms with van der Waals surface area (Å²) in [5, 5.41) is 2.35. The minimum absolute atomic E-state index is 0. The summed E-state index contributed by atoms with van der Waals surface area (Å²) in [6.07, 6.45) is 6.45. The Bertz CT molecular complexity index is 496. The molecule has 1 saturated heterocycles. The molecule has 3 N–H and O–H groups in total. The van der Waals surface area contributed by atoms with Crippen LogP contribution in [0.1, 0.15) is 6.42 Å². The molecule has 0 bridgehead atoms. The molecule has 0 saturated carbocycles. The summed E-state index contributed by atoms with van der Waals surface area (Å²) in [6, 6.07) is 0. The average Bonchev–Trinajstić information content (AvgIpc) is 2.84. The van der Waals surface area contributed by atoms with Gasteiger partial charge in [0.15, 0.2) is 0 Å². The molecule has 1 aliphatic carbocycles. The highest BCUT2D eigenvalue weighted by Gasteiger charge is 2.41. The Labute approximate surface area is 111 Å². The molecule has 2 amide bonds. The number of rotatable bonds is 1. The fourth-order valence-corrected chi connectivity index (χ4v) is 2.63. The molecule has 3 aliphatic rings. The van der Waals surface area contributed by atoms with Gasteiger partial charge in [-0.2, -0.15) is 0 Å². The zero-order chi connectivity index (χ0) is 12.0. The third-order valence-electron chi connectivity index (χ3n) is 3.58. The predicted molar refractivity (Wildman–Crippen MR) is 69.2 cm³/mol. The lowest BCUT2D eigenvalue weighted by Crippen LogP contribution is -2.24. The van der Waals surface area contributed by atoms with Crippen LogP contribution in [0.15, 0.2) is 28.8 Å². The van der Waals surface area contributed by atoms with Crippen LogP contribution in [0, 0.1) is 17.8 Å². The minimum Gasteiger partial charge on any atom is -0.387 e. The number of halogens is 1. The first-order valence-corrected chi connectivity index (χ1v) is 5.71. The average molecular weight is 268 g/mol. The number of allylic oxidation sites excluding steroid dienone is 1. The van der Waals surface area contributed by atoms with Crippen molar-refractivity contribution in [3.63, 3.8) is 0 Å². The van der Waals surface area contributed by atoms with Crippen LogP contribution in [0.3, 0.4) is 0 Å². The Hall–Kier alpha value is -1.62. The molecule has 0 aromatic heterocycles. The molecule has 3 atom stereocenters. The van der Waals surface area contributed by atoms with Crippen LogP contribution in [0.4, 0.5) is 0 Å². The van der Waals surface area contributed by atoms with E-state index in [0.717, 1.165) is 18.5 Å². The molecule has 0 aromatic carbocycles. The van der Waals surface area contributed by atoms with Gasteiger partial charge >= 0.3 is 0 Å². The third-order valence-corrected chi connectivity index (χ3v) is 3.58. The number of amidine groups is 1. The van der Waals surface area contributed by atoms with Gasteiger partial charge in [0.25, 0.3) is 0 Å². The Morgan fingerprint density at radius 3 is 2.67 bits per heavy atom. The SMILES string of the molecule is Cl.NC1=NCCC1C1=CC2C(=O)NC(=O)C2C=C1. The van der Waals surface area contributed by atoms with E-state index in [4.69, 9.17) is 5.73 Å². The second-order valence-corrected chi connectivity index (χ2v) is 4.58. The van der Waals surface area contributed by atoms with E-state index < -0.39 is 0 Å². The van der Waals surface area contributed by atoms with Crippen LogP contribution in [-0.4, -0.2) is 24.2 Å². The molecule has 5 nitrogen and oxygen atoms in total. The number of hydrogen-bond donors (Lipinski definition) is 2. The first-order chi connectivity index (χ1) is 8.16. The zero-order valence-electron chi connectivity index (χ0n) is 9.63. The lowest BCUT2D eigenvalue weighted by molar-refractivity contribution is -0.125. The van der Waals surface area contributed by atoms with Crippen molar-refractivity contribution >= 4 is 30.1 Å². The molecular weight excluding hydrogens is 254 g/mol. The van der Waals surface area contributed by atoms with E-state index in [1.54, 1.807) is 6.08 Å². The van der Waals surface area contributed by atoms with Crippen LogP contribution in [0.2, 0.25) is 0 Å². The van der Waals surface area contributed by atoms with Gasteiger partial charge in [-0.1, -0.05) is 18.2 Å². The molecule has 2 aliphatic heterocycles. The van der Waals surface area contributed by atoms with Crippen molar-refractivity contribution in [1.82, 2.24) is 5.32 Å². The van der Waals surface area contributed by atoms with E-state index in [1.807, 2.05) is 12.2 Å². The summed E-state index contributed by atoms with van der Waals surface area (Å²) < 4.78 is 0. The maximum atomic E-state index is 11.6. The summed E-state index contributed by atoms with van der Waals surface area (Å²) in [4.78, 5) is 27.2. The number of carbonyl (C=O) groups is 2. The maximum Gasteiger partial charge on any atom is 0.234 e. The Kier molecular flexibility index (Phi) is 3.26. The third kappa shape index (κ3) is 1.84. The summed E-state index contributed by atoms with van der Waals surface area (Å²) in [7, 11) is 0. The molecule has 3 rings (SSSR count). The van der Waals surface area contributed by atoms with Gasteiger partial charge < -0.3 is 5.73 Å². The van der Waals surface area contributed by atoms with Gasteiger partial charge in [0, 0.05) is 12.5 Å². The largest absolute Gasteiger partial charge is 0.387 e. The number of nitrogens with zero attached hydrogens (tertiary/aromatic N) is 1. The van der Waals surface area contributed by atoms with Gasteiger partial charge in [-0.05, 0) is 12.0 Å². The Morgan fingerprint density at radius 1 is 1.28 bits per heavy atom. The number of nitrogens with one attached hydrogen (secondary N) is 1. The van der Waals surface area contributed by atoms with Crippen molar-refractivity contribution < 1.29 is 9.59 Å². The van der Waals surface area contributed by atoms with Gasteiger partial charge in [0.2, 0.25) is 11.8 Å². The lowest BCUT2D eigenvalue weighted by Gasteiger charge is -2.19. The van der Waals surface area contributed by atoms with Crippen molar-refractivity contribution in [2.75, 3.05) is 6.54 Å². The highest BCUT2D eigenvalue weighted by atomic mass is 35.5. The highest BCUT2D eigenvalue weighted by molar-refractivity contribution is 6.07. The number of aliphatic imine (C=N–C) groups is 1. The molecule has 96 valence electrons. The molecule has 3 unspecified atom stereocenters. The first-order valence-electron chi connectivity index (χ1n) is 5.71. The fourth-order valence-electron chi connectivity index (χ4n) is 2.63. The van der Waals surface area contributed by atoms with Crippen LogP contribution in [-0.2, 0) is 9.59 Å². The van der Waals surface area contributed by atoms with Gasteiger partial charge in [0.05, 0.1) is 11.8 Å². The number of imide groups is 1. The number of carbonyl (C=O) groups excluding carboxylic acids is 2. The maximum absolute atomic E-state index is 11.6. The summed E-state index contributed by atoms with van der Waals surface area (Å²) in [5.74, 6) is -0.392. The first kappa shape index (κ1) is 12.8. The molecule has 2 heterocycles. The van der Waals surface area contributed by atoms with E-state index in [2.05, 4.69) is 10.3 Å². The van der Waals surface area contributed by atoms with Crippen molar-refractivity contribution in [3.8, 4) is 0 Å². The molecular formula is C12H14ClN3O2. The highest BCUT2D eigenvalue weighted by Crippen LogP contribution is 2.32. The summed E-state index contributed by atoms with van der Waals surface area (Å²) in [5.41, 5.74) is 6.83. The lowest BCUT2D eigenvalue weighted by atomic mass is 9.83. The van der Waals surface area contributed by atoms with Crippen LogP contribution >= 0.6 is 12.4 Å². The molecule has 0 radical (unpaired) electrons. The minimum atomic E-state index is -0.365. The summed E-state index contributed by atoms with van der Waals surface area (Å²) >= 11 is 0. The molecule has 6 heteroatoms. The Morgan fingerprint density at radius 2 is 2.00 bits per heavy atom. The molecule has 0 spiro atoms. The molecule has 18 heavy (non-hydrogen) atoms. The fraction of sp³-hybridized carbons (Fsp3) is 0.417. The number of fused-ring (bicyclic) bond motifs is 1. The topological polar surface area (TPSA) is 84.5 Å². The van der Waals surface area contributed by atoms with Gasteiger partial charge in [0.1, 0.15) is 5.84 Å². The van der Waals surface area contributed by atoms with Gasteiger partial charge in [-0.3, -0.25) is 19.9 Å². The smallest absolute Gasteiger partial charge is 0.234 e. The van der Waals surface area contributed by atoms with E-state index in [-0.39, 0.29) is 42.0 Å². The van der Waals surface area contributed by atoms with Gasteiger partial charge in [-0.25, -0.2) is 0 Å². The quantitative estimate of drug-likeness (QED) is 0.664. The number of hydrogen-bond acceptors (Lipinski definition) is 4. The van der Waals surface area contributed by atoms with Crippen LogP contribution < -0.4 is 11.1 Å². The number of nitrogens with two attached hydrogens (primary N) is 1. The van der Waals surface area contributed by atoms with E-state index in [1.165, 1.54) is 0 Å². The van der Waals surface area contributed by atoms with Gasteiger partial charge in [-0.15, -0.1) is 12.4 Å². The summed E-state index contributed by atoms with van der Waals surface area (Å²) in [6.45, 7) is 0.737. The Balaban J connectivity index is 0.00000120. The monoisotopic (exact) mass is 267 g/mol. The molecule has 1 fully saturated rings. The second-order valence-electron chi connectivity index (χ2n) is 4.58. The van der Waals surface area contributed by atoms with Crippen molar-refractivity contribution in [2.24, 2.45) is 28.5 Å². The second kappa shape index (κ2) is 4.57. The zero-order valence-corrected chi connectivity index (χ0v) is 10.4. The van der Waals surface area contributed by atoms with E-state index >= 15 is 0 Å². The predicted octanol–water partition coefficient (Wildman–Crippen LogP) is 0.170. The van der Waals surface area contributed by atoms with Crippen molar-refractivity contribution in [2.45, 2.75) is 6.42 Å². The molecule has 0 aromatic rings. The van der Waals surface area contributed by atoms with Crippen molar-refractivity contribution in [1.29, 1.82) is 0 Å². The van der Waals surface area contributed by atoms with E-state index in [9.17, 15) is 9.59 Å². The van der Waals surface area contributed by atoms with E-state index in [0.29, 0.717) is 5.84 Å². The standard InChI is InChI=1S/C12H13N3O2.ClH/c13-10-7(3-4-14-10)6-1-2-8-9(5-6)12(17)15-11(8)16;/h1-2,5,7-9H,3-4H2,(H2,13,14)(H,15,16,17);1H. The normalized spacial score (nSPS) is 33.4. The van der Waals surface area contributed by atoms with Crippen molar-refractivity contribution in [3.05, 3.63) is 23.8 Å². The van der Waals surface area contributed by atoms with Crippen LogP contribution in [0.25, 0.3) is 0 Å². The number of amides is 2.